The van der Waals surface area contributed by atoms with Crippen LogP contribution in [-0.4, -0.2) is 24.4 Å². The Morgan fingerprint density at radius 1 is 1.53 bits per heavy atom. The van der Waals surface area contributed by atoms with Crippen LogP contribution in [0.3, 0.4) is 0 Å². The van der Waals surface area contributed by atoms with E-state index in [0.29, 0.717) is 5.56 Å². The zero-order chi connectivity index (χ0) is 12.4. The number of hydrogen-bond donors (Lipinski definition) is 0. The van der Waals surface area contributed by atoms with E-state index in [2.05, 4.69) is 23.7 Å². The Balaban J connectivity index is 2.16. The molecule has 1 aromatic rings. The fraction of sp³-hybridized carbons (Fsp3) is 0.571. The van der Waals surface area contributed by atoms with Gasteiger partial charge in [-0.05, 0) is 36.8 Å². The van der Waals surface area contributed by atoms with Crippen molar-refractivity contribution in [1.29, 1.82) is 0 Å². The van der Waals surface area contributed by atoms with Gasteiger partial charge >= 0.3 is 0 Å². The predicted octanol–water partition coefficient (Wildman–Crippen LogP) is 2.68. The molecular formula is C14H20N2O. The minimum Gasteiger partial charge on any atom is -0.356 e. The quantitative estimate of drug-likeness (QED) is 0.751. The molecule has 0 bridgehead atoms. The van der Waals surface area contributed by atoms with Gasteiger partial charge in [-0.15, -0.1) is 0 Å². The van der Waals surface area contributed by atoms with E-state index in [4.69, 9.17) is 0 Å². The first-order chi connectivity index (χ1) is 8.11. The minimum absolute atomic E-state index is 0.658. The summed E-state index contributed by atoms with van der Waals surface area (Å²) in [7, 11) is 0. The third-order valence-corrected chi connectivity index (χ3v) is 3.67. The highest BCUT2D eigenvalue weighted by molar-refractivity contribution is 5.75. The Labute approximate surface area is 103 Å². The third-order valence-electron chi connectivity index (χ3n) is 3.67. The maximum absolute atomic E-state index is 10.7. The van der Waals surface area contributed by atoms with Gasteiger partial charge in [0.05, 0.1) is 0 Å². The van der Waals surface area contributed by atoms with Crippen molar-refractivity contribution in [3.63, 3.8) is 0 Å². The smallest absolute Gasteiger partial charge is 0.151 e. The van der Waals surface area contributed by atoms with Crippen LogP contribution in [0.5, 0.6) is 0 Å². The topological polar surface area (TPSA) is 33.2 Å². The zero-order valence-electron chi connectivity index (χ0n) is 10.8. The van der Waals surface area contributed by atoms with Crippen molar-refractivity contribution in [3.8, 4) is 0 Å². The molecule has 0 spiro atoms. The van der Waals surface area contributed by atoms with E-state index in [-0.39, 0.29) is 0 Å². The van der Waals surface area contributed by atoms with Crippen LogP contribution >= 0.6 is 0 Å². The maximum Gasteiger partial charge on any atom is 0.151 e. The SMILES string of the molecule is Cc1cc(C=O)cnc1N1CCC(C(C)C)C1. The first-order valence-electron chi connectivity index (χ1n) is 6.28. The van der Waals surface area contributed by atoms with Crippen LogP contribution < -0.4 is 4.90 Å². The monoisotopic (exact) mass is 232 g/mol. The van der Waals surface area contributed by atoms with Gasteiger partial charge in [-0.2, -0.15) is 0 Å². The molecule has 17 heavy (non-hydrogen) atoms. The van der Waals surface area contributed by atoms with Crippen LogP contribution in [-0.2, 0) is 0 Å². The summed E-state index contributed by atoms with van der Waals surface area (Å²) in [5, 5.41) is 0. The lowest BCUT2D eigenvalue weighted by molar-refractivity contribution is 0.112. The number of pyridine rings is 1. The van der Waals surface area contributed by atoms with E-state index in [1.54, 1.807) is 6.20 Å². The van der Waals surface area contributed by atoms with Gasteiger partial charge in [-0.1, -0.05) is 13.8 Å². The summed E-state index contributed by atoms with van der Waals surface area (Å²) in [5.41, 5.74) is 1.75. The molecule has 2 rings (SSSR count). The molecule has 1 atom stereocenters. The first-order valence-corrected chi connectivity index (χ1v) is 6.28. The summed E-state index contributed by atoms with van der Waals surface area (Å²) in [6.45, 7) is 8.76. The normalized spacial score (nSPS) is 20.0. The summed E-state index contributed by atoms with van der Waals surface area (Å²) < 4.78 is 0. The number of hydrogen-bond acceptors (Lipinski definition) is 3. The molecule has 0 saturated carbocycles. The van der Waals surface area contributed by atoms with Gasteiger partial charge in [-0.25, -0.2) is 4.98 Å². The lowest BCUT2D eigenvalue weighted by Gasteiger charge is -2.20. The summed E-state index contributed by atoms with van der Waals surface area (Å²) in [5.74, 6) is 2.54. The average Bonchev–Trinajstić information content (AvgIpc) is 2.78. The van der Waals surface area contributed by atoms with E-state index < -0.39 is 0 Å². The van der Waals surface area contributed by atoms with Crippen LogP contribution in [0.25, 0.3) is 0 Å². The molecule has 0 aliphatic carbocycles. The van der Waals surface area contributed by atoms with Crippen molar-refractivity contribution in [2.24, 2.45) is 11.8 Å². The van der Waals surface area contributed by atoms with Crippen molar-refractivity contribution in [1.82, 2.24) is 4.98 Å². The zero-order valence-corrected chi connectivity index (χ0v) is 10.8. The second kappa shape index (κ2) is 4.86. The predicted molar refractivity (Wildman–Crippen MR) is 69.5 cm³/mol. The number of aryl methyl sites for hydroxylation is 1. The number of rotatable bonds is 3. The molecule has 0 N–H and O–H groups in total. The molecule has 0 aromatic carbocycles. The van der Waals surface area contributed by atoms with Gasteiger partial charge < -0.3 is 4.90 Å². The Morgan fingerprint density at radius 3 is 2.82 bits per heavy atom. The van der Waals surface area contributed by atoms with E-state index in [0.717, 1.165) is 42.6 Å². The molecule has 0 radical (unpaired) electrons. The van der Waals surface area contributed by atoms with Crippen molar-refractivity contribution < 1.29 is 4.79 Å². The molecule has 3 nitrogen and oxygen atoms in total. The fourth-order valence-electron chi connectivity index (χ4n) is 2.51. The van der Waals surface area contributed by atoms with Gasteiger partial charge in [-0.3, -0.25) is 4.79 Å². The molecule has 92 valence electrons. The fourth-order valence-corrected chi connectivity index (χ4v) is 2.51. The van der Waals surface area contributed by atoms with Crippen molar-refractivity contribution >= 4 is 12.1 Å². The van der Waals surface area contributed by atoms with Crippen LogP contribution in [0.15, 0.2) is 12.3 Å². The molecule has 1 fully saturated rings. The standard InChI is InChI=1S/C14H20N2O/c1-10(2)13-4-5-16(8-13)14-11(3)6-12(9-17)7-15-14/h6-7,9-10,13H,4-5,8H2,1-3H3. The molecule has 2 heterocycles. The summed E-state index contributed by atoms with van der Waals surface area (Å²) >= 11 is 0. The number of aldehydes is 1. The second-order valence-electron chi connectivity index (χ2n) is 5.27. The molecule has 3 heteroatoms. The number of aromatic nitrogens is 1. The second-order valence-corrected chi connectivity index (χ2v) is 5.27. The number of anilines is 1. The number of carbonyl (C=O) groups excluding carboxylic acids is 1. The van der Waals surface area contributed by atoms with Crippen LogP contribution in [0, 0.1) is 18.8 Å². The van der Waals surface area contributed by atoms with Crippen molar-refractivity contribution in [2.45, 2.75) is 27.2 Å². The van der Waals surface area contributed by atoms with E-state index >= 15 is 0 Å². The van der Waals surface area contributed by atoms with Gasteiger partial charge in [0, 0.05) is 24.8 Å². The summed E-state index contributed by atoms with van der Waals surface area (Å²) in [4.78, 5) is 17.4. The minimum atomic E-state index is 0.658. The van der Waals surface area contributed by atoms with Crippen LogP contribution in [0.4, 0.5) is 5.82 Å². The van der Waals surface area contributed by atoms with Crippen molar-refractivity contribution in [2.75, 3.05) is 18.0 Å². The maximum atomic E-state index is 10.7. The van der Waals surface area contributed by atoms with E-state index in [1.807, 2.05) is 13.0 Å². The van der Waals surface area contributed by atoms with Gasteiger partial charge in [0.25, 0.3) is 0 Å². The lowest BCUT2D eigenvalue weighted by atomic mass is 9.95. The number of carbonyl (C=O) groups is 1. The Kier molecular flexibility index (Phi) is 3.46. The molecule has 1 aliphatic heterocycles. The van der Waals surface area contributed by atoms with Crippen LogP contribution in [0.2, 0.25) is 0 Å². The Morgan fingerprint density at radius 2 is 2.29 bits per heavy atom. The van der Waals surface area contributed by atoms with E-state index in [1.165, 1.54) is 6.42 Å². The molecule has 0 amide bonds. The Hall–Kier alpha value is -1.38. The molecule has 1 unspecified atom stereocenters. The Bertz CT molecular complexity index is 415. The van der Waals surface area contributed by atoms with Crippen molar-refractivity contribution in [3.05, 3.63) is 23.4 Å². The van der Waals surface area contributed by atoms with Crippen LogP contribution in [0.1, 0.15) is 36.2 Å². The molecule has 1 saturated heterocycles. The highest BCUT2D eigenvalue weighted by atomic mass is 16.1. The molecule has 1 aromatic heterocycles. The summed E-state index contributed by atoms with van der Waals surface area (Å²) in [6.07, 6.45) is 3.76. The highest BCUT2D eigenvalue weighted by Crippen LogP contribution is 2.28. The van der Waals surface area contributed by atoms with E-state index in [9.17, 15) is 4.79 Å². The van der Waals surface area contributed by atoms with Gasteiger partial charge in [0.2, 0.25) is 0 Å². The first kappa shape index (κ1) is 12.1. The van der Waals surface area contributed by atoms with Gasteiger partial charge in [0.15, 0.2) is 6.29 Å². The molecule has 1 aliphatic rings. The highest BCUT2D eigenvalue weighted by Gasteiger charge is 2.26. The third kappa shape index (κ3) is 2.48. The molecular weight excluding hydrogens is 212 g/mol. The largest absolute Gasteiger partial charge is 0.356 e. The summed E-state index contributed by atoms with van der Waals surface area (Å²) in [6, 6.07) is 1.91. The number of nitrogens with zero attached hydrogens (tertiary/aromatic N) is 2. The lowest BCUT2D eigenvalue weighted by Crippen LogP contribution is -2.23. The van der Waals surface area contributed by atoms with Gasteiger partial charge in [0.1, 0.15) is 5.82 Å². The average molecular weight is 232 g/mol.